The second kappa shape index (κ2) is 6.23. The van der Waals surface area contributed by atoms with Gasteiger partial charge >= 0.3 is 0 Å². The minimum atomic E-state index is -0.200. The van der Waals surface area contributed by atoms with Gasteiger partial charge in [0.05, 0.1) is 12.3 Å². The van der Waals surface area contributed by atoms with Gasteiger partial charge in [-0.25, -0.2) is 0 Å². The zero-order valence-electron chi connectivity index (χ0n) is 10.6. The smallest absolute Gasteiger partial charge is 0.265 e. The monoisotopic (exact) mass is 268 g/mol. The van der Waals surface area contributed by atoms with Crippen molar-refractivity contribution in [2.24, 2.45) is 0 Å². The Balaban J connectivity index is 3.02. The fourth-order valence-corrected chi connectivity index (χ4v) is 2.43. The molecular formula is C11H16N4O2S. The zero-order valence-corrected chi connectivity index (χ0v) is 11.4. The molecule has 1 heterocycles. The second-order valence-electron chi connectivity index (χ2n) is 3.78. The Morgan fingerprint density at radius 2 is 2.28 bits per heavy atom. The molecule has 0 aliphatic heterocycles. The third-order valence-electron chi connectivity index (χ3n) is 2.25. The van der Waals surface area contributed by atoms with Crippen LogP contribution in [0.4, 0.5) is 10.7 Å². The molecule has 1 aromatic rings. The van der Waals surface area contributed by atoms with Crippen molar-refractivity contribution in [2.75, 3.05) is 45.4 Å². The number of ether oxygens (including phenoxy) is 1. The van der Waals surface area contributed by atoms with Gasteiger partial charge in [-0.15, -0.1) is 11.3 Å². The lowest BCUT2D eigenvalue weighted by atomic mass is 10.2. The van der Waals surface area contributed by atoms with Gasteiger partial charge < -0.3 is 20.7 Å². The summed E-state index contributed by atoms with van der Waals surface area (Å²) in [6, 6.07) is 2.02. The Labute approximate surface area is 110 Å². The highest BCUT2D eigenvalue weighted by Crippen LogP contribution is 2.35. The maximum absolute atomic E-state index is 11.9. The van der Waals surface area contributed by atoms with Gasteiger partial charge in [-0.2, -0.15) is 5.26 Å². The van der Waals surface area contributed by atoms with Crippen LogP contribution in [0.25, 0.3) is 0 Å². The number of amides is 1. The first-order chi connectivity index (χ1) is 8.52. The Kier molecular flexibility index (Phi) is 4.95. The molecule has 6 nitrogen and oxygen atoms in total. The minimum absolute atomic E-state index is 0.200. The van der Waals surface area contributed by atoms with Crippen LogP contribution >= 0.6 is 11.3 Å². The molecule has 0 aliphatic carbocycles. The van der Waals surface area contributed by atoms with Crippen molar-refractivity contribution in [3.63, 3.8) is 0 Å². The fourth-order valence-electron chi connectivity index (χ4n) is 1.31. The first-order valence-corrected chi connectivity index (χ1v) is 6.11. The summed E-state index contributed by atoms with van der Waals surface area (Å²) in [6.45, 7) is 1.07. The van der Waals surface area contributed by atoms with Crippen molar-refractivity contribution in [3.8, 4) is 6.07 Å². The molecule has 98 valence electrons. The predicted octanol–water partition coefficient (Wildman–Crippen LogP) is 0.962. The summed E-state index contributed by atoms with van der Waals surface area (Å²) in [6.07, 6.45) is 0. The average Bonchev–Trinajstić information content (AvgIpc) is 2.65. The van der Waals surface area contributed by atoms with E-state index in [-0.39, 0.29) is 11.6 Å². The van der Waals surface area contributed by atoms with Crippen molar-refractivity contribution in [1.82, 2.24) is 4.90 Å². The summed E-state index contributed by atoms with van der Waals surface area (Å²) < 4.78 is 4.91. The van der Waals surface area contributed by atoms with Crippen LogP contribution in [0, 0.1) is 11.3 Å². The van der Waals surface area contributed by atoms with Crippen molar-refractivity contribution < 1.29 is 9.53 Å². The molecule has 3 N–H and O–H groups in total. The normalized spacial score (nSPS) is 9.89. The molecule has 0 atom stereocenters. The van der Waals surface area contributed by atoms with Gasteiger partial charge in [0, 0.05) is 27.7 Å². The zero-order chi connectivity index (χ0) is 13.7. The number of hydrogen-bond acceptors (Lipinski definition) is 6. The lowest BCUT2D eigenvalue weighted by molar-refractivity contribution is 0.0833. The molecule has 0 unspecified atom stereocenters. The van der Waals surface area contributed by atoms with Gasteiger partial charge in [-0.3, -0.25) is 4.79 Å². The number of thiophene rings is 1. The number of carbonyl (C=O) groups is 1. The van der Waals surface area contributed by atoms with Crippen molar-refractivity contribution in [1.29, 1.82) is 5.26 Å². The predicted molar refractivity (Wildman–Crippen MR) is 71.8 cm³/mol. The molecule has 0 fully saturated rings. The lowest BCUT2D eigenvalue weighted by Crippen LogP contribution is -2.21. The van der Waals surface area contributed by atoms with Crippen LogP contribution < -0.4 is 11.1 Å². The third kappa shape index (κ3) is 2.91. The Morgan fingerprint density at radius 3 is 2.78 bits per heavy atom. The van der Waals surface area contributed by atoms with E-state index in [0.717, 1.165) is 0 Å². The van der Waals surface area contributed by atoms with Crippen LogP contribution in [0.1, 0.15) is 15.2 Å². The van der Waals surface area contributed by atoms with Crippen LogP contribution in [-0.2, 0) is 4.74 Å². The fraction of sp³-hybridized carbons (Fsp3) is 0.455. The van der Waals surface area contributed by atoms with Gasteiger partial charge in [0.2, 0.25) is 0 Å². The van der Waals surface area contributed by atoms with Crippen LogP contribution in [0.15, 0.2) is 0 Å². The number of nitrogen functional groups attached to an aromatic ring is 1. The van der Waals surface area contributed by atoms with Crippen LogP contribution in [0.2, 0.25) is 0 Å². The molecule has 0 aliphatic rings. The maximum atomic E-state index is 11.9. The Bertz CT molecular complexity index is 476. The highest BCUT2D eigenvalue weighted by Gasteiger charge is 2.21. The molecule has 0 saturated heterocycles. The third-order valence-corrected chi connectivity index (χ3v) is 3.40. The molecule has 1 rings (SSSR count). The molecule has 1 amide bonds. The number of nitrogens with zero attached hydrogens (tertiary/aromatic N) is 2. The topological polar surface area (TPSA) is 91.4 Å². The summed E-state index contributed by atoms with van der Waals surface area (Å²) in [7, 11) is 4.88. The highest BCUT2D eigenvalue weighted by molar-refractivity contribution is 7.18. The standard InChI is InChI=1S/C11H16N4O2S/c1-15(2)11(16)9-8(13)7(6-12)10(18-9)14-4-5-17-3/h14H,4-5,13H2,1-3H3. The minimum Gasteiger partial charge on any atom is -0.396 e. The molecule has 1 aromatic heterocycles. The van der Waals surface area contributed by atoms with E-state index in [2.05, 4.69) is 5.32 Å². The van der Waals surface area contributed by atoms with E-state index < -0.39 is 0 Å². The number of nitrogens with one attached hydrogen (secondary N) is 1. The van der Waals surface area contributed by atoms with E-state index in [1.54, 1.807) is 21.2 Å². The molecule has 0 spiro atoms. The average molecular weight is 268 g/mol. The largest absolute Gasteiger partial charge is 0.396 e. The first-order valence-electron chi connectivity index (χ1n) is 5.29. The van der Waals surface area contributed by atoms with E-state index in [9.17, 15) is 4.79 Å². The van der Waals surface area contributed by atoms with E-state index in [0.29, 0.717) is 28.6 Å². The number of carbonyl (C=O) groups excluding carboxylic acids is 1. The number of methoxy groups -OCH3 is 1. The van der Waals surface area contributed by atoms with Crippen LogP contribution in [-0.4, -0.2) is 45.2 Å². The van der Waals surface area contributed by atoms with E-state index >= 15 is 0 Å². The highest BCUT2D eigenvalue weighted by atomic mass is 32.1. The number of nitrogens with two attached hydrogens (primary N) is 1. The van der Waals surface area contributed by atoms with Gasteiger partial charge in [-0.05, 0) is 0 Å². The van der Waals surface area contributed by atoms with E-state index in [1.807, 2.05) is 6.07 Å². The van der Waals surface area contributed by atoms with Gasteiger partial charge in [0.25, 0.3) is 5.91 Å². The summed E-state index contributed by atoms with van der Waals surface area (Å²) >= 11 is 1.19. The molecule has 18 heavy (non-hydrogen) atoms. The maximum Gasteiger partial charge on any atom is 0.265 e. The molecule has 0 radical (unpaired) electrons. The Morgan fingerprint density at radius 1 is 1.61 bits per heavy atom. The van der Waals surface area contributed by atoms with Crippen molar-refractivity contribution >= 4 is 27.9 Å². The summed E-state index contributed by atoms with van der Waals surface area (Å²) in [5, 5.41) is 12.7. The second-order valence-corrected chi connectivity index (χ2v) is 4.80. The number of anilines is 2. The van der Waals surface area contributed by atoms with E-state index in [1.165, 1.54) is 16.2 Å². The van der Waals surface area contributed by atoms with Gasteiger partial charge in [0.15, 0.2) is 0 Å². The van der Waals surface area contributed by atoms with Crippen molar-refractivity contribution in [2.45, 2.75) is 0 Å². The van der Waals surface area contributed by atoms with Crippen LogP contribution in [0.5, 0.6) is 0 Å². The number of nitriles is 1. The molecule has 7 heteroatoms. The summed E-state index contributed by atoms with van der Waals surface area (Å²) in [5.41, 5.74) is 6.38. The summed E-state index contributed by atoms with van der Waals surface area (Å²) in [4.78, 5) is 13.7. The molecule has 0 bridgehead atoms. The van der Waals surface area contributed by atoms with Crippen LogP contribution in [0.3, 0.4) is 0 Å². The quantitative estimate of drug-likeness (QED) is 0.776. The van der Waals surface area contributed by atoms with Gasteiger partial charge in [-0.1, -0.05) is 0 Å². The molecular weight excluding hydrogens is 252 g/mol. The molecule has 0 aromatic carbocycles. The molecule has 0 saturated carbocycles. The first kappa shape index (κ1) is 14.3. The van der Waals surface area contributed by atoms with Gasteiger partial charge in [0.1, 0.15) is 21.5 Å². The van der Waals surface area contributed by atoms with E-state index in [4.69, 9.17) is 15.7 Å². The summed E-state index contributed by atoms with van der Waals surface area (Å²) in [5.74, 6) is -0.200. The Hall–Kier alpha value is -1.78. The van der Waals surface area contributed by atoms with Crippen molar-refractivity contribution in [3.05, 3.63) is 10.4 Å². The number of hydrogen-bond donors (Lipinski definition) is 2. The number of rotatable bonds is 5. The lowest BCUT2D eigenvalue weighted by Gasteiger charge is -2.08. The SMILES string of the molecule is COCCNc1sc(C(=O)N(C)C)c(N)c1C#N.